The second kappa shape index (κ2) is 7.27. The molecule has 3 rings (SSSR count). The van der Waals surface area contributed by atoms with Crippen LogP contribution in [0.5, 0.6) is 11.5 Å². The van der Waals surface area contributed by atoms with Crippen molar-refractivity contribution in [3.8, 4) is 11.5 Å². The largest absolute Gasteiger partial charge is 0.497 e. The Bertz CT molecular complexity index is 922. The summed E-state index contributed by atoms with van der Waals surface area (Å²) >= 11 is 0. The summed E-state index contributed by atoms with van der Waals surface area (Å²) in [6.45, 7) is -0.0907. The minimum absolute atomic E-state index is 0.00117. The molecule has 0 aliphatic heterocycles. The Kier molecular flexibility index (Phi) is 5.04. The van der Waals surface area contributed by atoms with E-state index >= 15 is 0 Å². The van der Waals surface area contributed by atoms with Crippen LogP contribution in [-0.4, -0.2) is 45.5 Å². The second-order valence-corrected chi connectivity index (χ2v) is 5.54. The molecule has 11 heteroatoms. The number of methoxy groups -OCH3 is 2. The van der Waals surface area contributed by atoms with Crippen LogP contribution in [0.1, 0.15) is 17.4 Å². The molecule has 2 N–H and O–H groups in total. The molecule has 0 spiro atoms. The summed E-state index contributed by atoms with van der Waals surface area (Å²) < 4.78 is 50.4. The lowest BCUT2D eigenvalue weighted by atomic mass is 10.1. The van der Waals surface area contributed by atoms with Crippen LogP contribution >= 0.6 is 0 Å². The number of halogens is 3. The van der Waals surface area contributed by atoms with Gasteiger partial charge < -0.3 is 19.9 Å². The number of hydrogen-bond acceptors (Lipinski definition) is 7. The zero-order valence-corrected chi connectivity index (χ0v) is 14.4. The van der Waals surface area contributed by atoms with Crippen LogP contribution < -0.4 is 14.8 Å². The van der Waals surface area contributed by atoms with E-state index in [9.17, 15) is 18.3 Å². The van der Waals surface area contributed by atoms with Gasteiger partial charge in [0.2, 0.25) is 0 Å². The van der Waals surface area contributed by atoms with Crippen molar-refractivity contribution in [2.75, 3.05) is 26.1 Å². The summed E-state index contributed by atoms with van der Waals surface area (Å²) in [6.07, 6.45) is -4.59. The van der Waals surface area contributed by atoms with E-state index in [0.29, 0.717) is 17.1 Å². The number of hydrogen-bond donors (Lipinski definition) is 2. The predicted octanol–water partition coefficient (Wildman–Crippen LogP) is 2.31. The van der Waals surface area contributed by atoms with Crippen molar-refractivity contribution in [3.05, 3.63) is 41.9 Å². The zero-order chi connectivity index (χ0) is 19.6. The minimum atomic E-state index is -4.64. The lowest BCUT2D eigenvalue weighted by Crippen LogP contribution is -2.17. The van der Waals surface area contributed by atoms with Gasteiger partial charge in [0, 0.05) is 18.7 Å². The van der Waals surface area contributed by atoms with E-state index in [2.05, 4.69) is 20.4 Å². The topological polar surface area (TPSA) is 93.8 Å². The molecule has 1 atom stereocenters. The maximum atomic E-state index is 13.0. The van der Waals surface area contributed by atoms with E-state index in [1.165, 1.54) is 14.2 Å². The Morgan fingerprint density at radius 3 is 2.41 bits per heavy atom. The van der Waals surface area contributed by atoms with E-state index < -0.39 is 18.0 Å². The highest BCUT2D eigenvalue weighted by atomic mass is 19.4. The average molecular weight is 383 g/mol. The third-order valence-corrected chi connectivity index (χ3v) is 3.78. The number of rotatable bonds is 6. The van der Waals surface area contributed by atoms with Crippen LogP contribution in [0.2, 0.25) is 0 Å². The van der Waals surface area contributed by atoms with Gasteiger partial charge in [-0.25, -0.2) is 4.98 Å². The Balaban J connectivity index is 1.85. The fourth-order valence-electron chi connectivity index (χ4n) is 2.42. The van der Waals surface area contributed by atoms with Crippen LogP contribution in [-0.2, 0) is 6.18 Å². The van der Waals surface area contributed by atoms with Crippen molar-refractivity contribution < 1.29 is 27.8 Å². The summed E-state index contributed by atoms with van der Waals surface area (Å²) in [6, 6.07) is 5.66. The number of aliphatic hydroxyl groups is 1. The Hall–Kier alpha value is -3.08. The van der Waals surface area contributed by atoms with E-state index in [1.54, 1.807) is 18.2 Å². The number of alkyl halides is 3. The molecule has 0 radical (unpaired) electrons. The van der Waals surface area contributed by atoms with Crippen molar-refractivity contribution in [1.82, 2.24) is 19.6 Å². The van der Waals surface area contributed by atoms with E-state index in [-0.39, 0.29) is 18.1 Å². The van der Waals surface area contributed by atoms with Crippen molar-refractivity contribution in [2.45, 2.75) is 12.3 Å². The van der Waals surface area contributed by atoms with E-state index in [1.807, 2.05) is 0 Å². The molecule has 27 heavy (non-hydrogen) atoms. The summed E-state index contributed by atoms with van der Waals surface area (Å²) in [7, 11) is 2.94. The van der Waals surface area contributed by atoms with Crippen molar-refractivity contribution in [3.63, 3.8) is 0 Å². The molecule has 144 valence electrons. The summed E-state index contributed by atoms with van der Waals surface area (Å²) in [5, 5.41) is 17.0. The van der Waals surface area contributed by atoms with Crippen LogP contribution in [0.4, 0.5) is 19.0 Å². The minimum Gasteiger partial charge on any atom is -0.497 e. The fraction of sp³-hybridized carbons (Fsp3) is 0.312. The smallest absolute Gasteiger partial charge is 0.433 e. The van der Waals surface area contributed by atoms with Crippen molar-refractivity contribution in [2.24, 2.45) is 0 Å². The van der Waals surface area contributed by atoms with Gasteiger partial charge in [0.05, 0.1) is 20.3 Å². The highest BCUT2D eigenvalue weighted by molar-refractivity contribution is 5.46. The van der Waals surface area contributed by atoms with E-state index in [0.717, 1.165) is 16.9 Å². The first-order chi connectivity index (χ1) is 12.8. The van der Waals surface area contributed by atoms with E-state index in [4.69, 9.17) is 9.47 Å². The highest BCUT2D eigenvalue weighted by Crippen LogP contribution is 2.30. The lowest BCUT2D eigenvalue weighted by molar-refractivity contribution is -0.141. The summed E-state index contributed by atoms with van der Waals surface area (Å²) in [5.74, 6) is 0.749. The molecule has 1 aromatic carbocycles. The normalized spacial score (nSPS) is 12.8. The molecule has 0 saturated carbocycles. The first kappa shape index (κ1) is 18.7. The third kappa shape index (κ3) is 4.03. The molecule has 0 saturated heterocycles. The van der Waals surface area contributed by atoms with Crippen LogP contribution in [0.3, 0.4) is 0 Å². The van der Waals surface area contributed by atoms with Gasteiger partial charge in [0.15, 0.2) is 5.69 Å². The highest BCUT2D eigenvalue weighted by Gasteiger charge is 2.34. The lowest BCUT2D eigenvalue weighted by Gasteiger charge is -2.16. The van der Waals surface area contributed by atoms with Crippen LogP contribution in [0.25, 0.3) is 5.78 Å². The first-order valence-electron chi connectivity index (χ1n) is 7.74. The number of aliphatic hydroxyl groups excluding tert-OH is 1. The molecule has 2 aromatic heterocycles. The monoisotopic (exact) mass is 383 g/mol. The Morgan fingerprint density at radius 1 is 1.15 bits per heavy atom. The SMILES string of the molecule is COc1cc(OC)cc(C(O)CNc2cc(C(F)(F)F)nc3ncnn23)c1. The predicted molar refractivity (Wildman–Crippen MR) is 88.8 cm³/mol. The van der Waals surface area contributed by atoms with Gasteiger partial charge in [0.25, 0.3) is 5.78 Å². The quantitative estimate of drug-likeness (QED) is 0.675. The maximum Gasteiger partial charge on any atom is 0.433 e. The summed E-state index contributed by atoms with van der Waals surface area (Å²) in [5.41, 5.74) is -0.637. The second-order valence-electron chi connectivity index (χ2n) is 5.54. The number of benzene rings is 1. The molecule has 0 amide bonds. The van der Waals surface area contributed by atoms with Gasteiger partial charge in [-0.15, -0.1) is 0 Å². The average Bonchev–Trinajstić information content (AvgIpc) is 3.13. The number of nitrogens with zero attached hydrogens (tertiary/aromatic N) is 4. The molecule has 1 unspecified atom stereocenters. The standard InChI is InChI=1S/C16H16F3N5O3/c1-26-10-3-9(4-11(5-10)27-2)12(25)7-20-14-6-13(16(17,18)19)23-15-21-8-22-24(14)15/h3-6,8,12,20,25H,7H2,1-2H3. The number of nitrogens with one attached hydrogen (secondary N) is 1. The molecule has 0 fully saturated rings. The molecule has 3 aromatic rings. The number of fused-ring (bicyclic) bond motifs is 1. The number of ether oxygens (including phenoxy) is 2. The molecular formula is C16H16F3N5O3. The molecule has 0 aliphatic rings. The van der Waals surface area contributed by atoms with Gasteiger partial charge in [-0.1, -0.05) is 0 Å². The molecular weight excluding hydrogens is 367 g/mol. The Labute approximate surface area is 151 Å². The Morgan fingerprint density at radius 2 is 1.81 bits per heavy atom. The van der Waals surface area contributed by atoms with Crippen LogP contribution in [0, 0.1) is 0 Å². The van der Waals surface area contributed by atoms with Gasteiger partial charge in [-0.3, -0.25) is 0 Å². The fourth-order valence-corrected chi connectivity index (χ4v) is 2.42. The van der Waals surface area contributed by atoms with Crippen LogP contribution in [0.15, 0.2) is 30.6 Å². The first-order valence-corrected chi connectivity index (χ1v) is 7.74. The van der Waals surface area contributed by atoms with Gasteiger partial charge in [-0.05, 0) is 17.7 Å². The van der Waals surface area contributed by atoms with Gasteiger partial charge >= 0.3 is 6.18 Å². The third-order valence-electron chi connectivity index (χ3n) is 3.78. The van der Waals surface area contributed by atoms with Gasteiger partial charge in [-0.2, -0.15) is 27.8 Å². The molecule has 0 bridgehead atoms. The number of aromatic nitrogens is 4. The molecule has 0 aliphatic carbocycles. The van der Waals surface area contributed by atoms with Crippen molar-refractivity contribution >= 4 is 11.6 Å². The van der Waals surface area contributed by atoms with Crippen molar-refractivity contribution in [1.29, 1.82) is 0 Å². The zero-order valence-electron chi connectivity index (χ0n) is 14.4. The number of anilines is 1. The van der Waals surface area contributed by atoms with Gasteiger partial charge in [0.1, 0.15) is 23.6 Å². The molecule has 2 heterocycles. The maximum absolute atomic E-state index is 13.0. The summed E-state index contributed by atoms with van der Waals surface area (Å²) in [4.78, 5) is 7.12. The molecule has 8 nitrogen and oxygen atoms in total.